The van der Waals surface area contributed by atoms with Crippen molar-refractivity contribution in [3.05, 3.63) is 57.6 Å². The summed E-state index contributed by atoms with van der Waals surface area (Å²) >= 11 is 12.6. The molecule has 0 aliphatic heterocycles. The fraction of sp³-hybridized carbons (Fsp3) is 0.500. The topological polar surface area (TPSA) is 30.5 Å². The van der Waals surface area contributed by atoms with Gasteiger partial charge in [-0.2, -0.15) is 0 Å². The number of hydrogen-bond donors (Lipinski definition) is 1. The van der Waals surface area contributed by atoms with E-state index in [1.165, 1.54) is 0 Å². The number of benzene rings is 2. The molecule has 0 unspecified atom stereocenters. The van der Waals surface area contributed by atoms with E-state index in [-0.39, 0.29) is 11.0 Å². The van der Waals surface area contributed by atoms with Crippen molar-refractivity contribution in [2.75, 3.05) is 6.61 Å². The monoisotopic (exact) mass is 437 g/mol. The Morgan fingerprint density at radius 2 is 1.62 bits per heavy atom. The van der Waals surface area contributed by atoms with Crippen LogP contribution in [0.15, 0.2) is 36.4 Å². The minimum Gasteiger partial charge on any atom is -0.490 e. The maximum absolute atomic E-state index is 6.57. The Morgan fingerprint density at radius 1 is 0.931 bits per heavy atom. The highest BCUT2D eigenvalue weighted by atomic mass is 35.5. The predicted molar refractivity (Wildman–Crippen MR) is 123 cm³/mol. The zero-order valence-corrected chi connectivity index (χ0v) is 19.9. The van der Waals surface area contributed by atoms with Gasteiger partial charge in [0, 0.05) is 28.2 Å². The Morgan fingerprint density at radius 3 is 2.24 bits per heavy atom. The van der Waals surface area contributed by atoms with Gasteiger partial charge in [-0.3, -0.25) is 0 Å². The summed E-state index contributed by atoms with van der Waals surface area (Å²) in [5.41, 5.74) is 2.22. The molecule has 2 aromatic carbocycles. The normalized spacial score (nSPS) is 12.1. The summed E-state index contributed by atoms with van der Waals surface area (Å²) in [6, 6.07) is 11.4. The Kier molecular flexibility index (Phi) is 8.28. The lowest BCUT2D eigenvalue weighted by Gasteiger charge is -2.33. The first-order valence-electron chi connectivity index (χ1n) is 10.1. The van der Waals surface area contributed by atoms with Gasteiger partial charge in [-0.25, -0.2) is 0 Å². The van der Waals surface area contributed by atoms with E-state index in [0.717, 1.165) is 17.5 Å². The van der Waals surface area contributed by atoms with Gasteiger partial charge in [0.05, 0.1) is 6.61 Å². The van der Waals surface area contributed by atoms with Gasteiger partial charge in [-0.05, 0) is 61.9 Å². The first-order valence-corrected chi connectivity index (χ1v) is 10.8. The van der Waals surface area contributed by atoms with Crippen LogP contribution in [0.3, 0.4) is 0 Å². The molecule has 0 amide bonds. The molecule has 0 radical (unpaired) electrons. The molecule has 2 rings (SSSR count). The van der Waals surface area contributed by atoms with Gasteiger partial charge in [-0.15, -0.1) is 0 Å². The van der Waals surface area contributed by atoms with Crippen LogP contribution in [0.5, 0.6) is 11.5 Å². The second kappa shape index (κ2) is 10.1. The van der Waals surface area contributed by atoms with Crippen molar-refractivity contribution < 1.29 is 9.47 Å². The molecule has 0 atom stereocenters. The van der Waals surface area contributed by atoms with E-state index >= 15 is 0 Å². The van der Waals surface area contributed by atoms with E-state index in [1.54, 1.807) is 0 Å². The van der Waals surface area contributed by atoms with Crippen molar-refractivity contribution in [1.29, 1.82) is 0 Å². The lowest BCUT2D eigenvalue weighted by atomic mass is 9.82. The summed E-state index contributed by atoms with van der Waals surface area (Å²) < 4.78 is 11.8. The van der Waals surface area contributed by atoms with Crippen molar-refractivity contribution in [2.24, 2.45) is 5.41 Å². The van der Waals surface area contributed by atoms with E-state index in [0.29, 0.717) is 41.3 Å². The van der Waals surface area contributed by atoms with E-state index < -0.39 is 0 Å². The molecule has 160 valence electrons. The van der Waals surface area contributed by atoms with E-state index in [4.69, 9.17) is 32.7 Å². The van der Waals surface area contributed by atoms with Gasteiger partial charge >= 0.3 is 0 Å². The van der Waals surface area contributed by atoms with E-state index in [9.17, 15) is 0 Å². The average molecular weight is 438 g/mol. The van der Waals surface area contributed by atoms with Gasteiger partial charge in [0.25, 0.3) is 0 Å². The first-order chi connectivity index (χ1) is 13.5. The summed E-state index contributed by atoms with van der Waals surface area (Å²) in [5, 5.41) is 4.98. The van der Waals surface area contributed by atoms with Gasteiger partial charge in [0.2, 0.25) is 0 Å². The van der Waals surface area contributed by atoms with Crippen molar-refractivity contribution >= 4 is 23.2 Å². The summed E-state index contributed by atoms with van der Waals surface area (Å²) in [4.78, 5) is 0. The van der Waals surface area contributed by atoms with E-state index in [2.05, 4.69) is 39.9 Å². The molecular formula is C24H33Cl2NO2. The SMILES string of the molecule is CCOc1cc(CNC(C)(C)CC(C)(C)C)c(Cl)cc1OCc1cccc(Cl)c1. The lowest BCUT2D eigenvalue weighted by molar-refractivity contribution is 0.240. The van der Waals surface area contributed by atoms with Gasteiger partial charge in [-0.1, -0.05) is 56.1 Å². The van der Waals surface area contributed by atoms with Crippen molar-refractivity contribution in [3.63, 3.8) is 0 Å². The highest BCUT2D eigenvalue weighted by molar-refractivity contribution is 6.31. The number of ether oxygens (including phenoxy) is 2. The zero-order valence-electron chi connectivity index (χ0n) is 18.4. The van der Waals surface area contributed by atoms with Crippen LogP contribution in [0, 0.1) is 5.41 Å². The number of hydrogen-bond acceptors (Lipinski definition) is 3. The number of halogens is 2. The molecule has 0 saturated heterocycles. The summed E-state index contributed by atoms with van der Waals surface area (Å²) in [6.07, 6.45) is 1.05. The minimum absolute atomic E-state index is 0.00486. The number of rotatable bonds is 9. The molecule has 1 N–H and O–H groups in total. The van der Waals surface area contributed by atoms with Crippen LogP contribution in [0.25, 0.3) is 0 Å². The van der Waals surface area contributed by atoms with Crippen molar-refractivity contribution in [3.8, 4) is 11.5 Å². The molecule has 0 heterocycles. The first kappa shape index (κ1) is 23.9. The third kappa shape index (κ3) is 8.08. The smallest absolute Gasteiger partial charge is 0.163 e. The molecule has 0 fully saturated rings. The molecule has 0 bridgehead atoms. The second-order valence-electron chi connectivity index (χ2n) is 9.22. The van der Waals surface area contributed by atoms with Gasteiger partial charge in [0.1, 0.15) is 6.61 Å². The maximum atomic E-state index is 6.57. The molecule has 0 aliphatic carbocycles. The zero-order chi connectivity index (χ0) is 21.7. The van der Waals surface area contributed by atoms with Crippen LogP contribution in [-0.2, 0) is 13.2 Å². The third-order valence-corrected chi connectivity index (χ3v) is 5.01. The van der Waals surface area contributed by atoms with Gasteiger partial charge < -0.3 is 14.8 Å². The van der Waals surface area contributed by atoms with Crippen molar-refractivity contribution in [1.82, 2.24) is 5.32 Å². The summed E-state index contributed by atoms with van der Waals surface area (Å²) in [7, 11) is 0. The van der Waals surface area contributed by atoms with Crippen LogP contribution < -0.4 is 14.8 Å². The fourth-order valence-corrected chi connectivity index (χ4v) is 4.04. The lowest BCUT2D eigenvalue weighted by Crippen LogP contribution is -2.41. The van der Waals surface area contributed by atoms with Crippen LogP contribution in [0.4, 0.5) is 0 Å². The Hall–Kier alpha value is -1.42. The fourth-order valence-electron chi connectivity index (χ4n) is 3.60. The molecule has 3 nitrogen and oxygen atoms in total. The quantitative estimate of drug-likeness (QED) is 0.446. The number of nitrogens with one attached hydrogen (secondary N) is 1. The highest BCUT2D eigenvalue weighted by Gasteiger charge is 2.25. The highest BCUT2D eigenvalue weighted by Crippen LogP contribution is 2.35. The molecular weight excluding hydrogens is 405 g/mol. The molecule has 0 spiro atoms. The predicted octanol–water partition coefficient (Wildman–Crippen LogP) is 7.28. The molecule has 29 heavy (non-hydrogen) atoms. The second-order valence-corrected chi connectivity index (χ2v) is 10.1. The third-order valence-electron chi connectivity index (χ3n) is 4.43. The molecule has 5 heteroatoms. The molecule has 0 aromatic heterocycles. The largest absolute Gasteiger partial charge is 0.490 e. The van der Waals surface area contributed by atoms with Crippen LogP contribution in [0.2, 0.25) is 10.0 Å². The average Bonchev–Trinajstić information content (AvgIpc) is 2.58. The maximum Gasteiger partial charge on any atom is 0.163 e. The van der Waals surface area contributed by atoms with Crippen LogP contribution in [0.1, 0.15) is 59.1 Å². The molecule has 0 aliphatic rings. The summed E-state index contributed by atoms with van der Waals surface area (Å²) in [5.74, 6) is 1.33. The van der Waals surface area contributed by atoms with E-state index in [1.807, 2.05) is 43.3 Å². The van der Waals surface area contributed by atoms with Crippen LogP contribution in [-0.4, -0.2) is 12.1 Å². The standard InChI is InChI=1S/C24H33Cl2NO2/c1-7-28-21-12-18(14-27-24(5,6)16-23(2,3)4)20(26)13-22(21)29-15-17-9-8-10-19(25)11-17/h8-13,27H,7,14-16H2,1-6H3. The molecule has 2 aromatic rings. The van der Waals surface area contributed by atoms with Gasteiger partial charge in [0.15, 0.2) is 11.5 Å². The van der Waals surface area contributed by atoms with Crippen LogP contribution >= 0.6 is 23.2 Å². The Labute approximate surface area is 185 Å². The Balaban J connectivity index is 2.14. The minimum atomic E-state index is -0.00486. The Bertz CT molecular complexity index is 813. The van der Waals surface area contributed by atoms with Crippen molar-refractivity contribution in [2.45, 2.75) is 66.7 Å². The molecule has 0 saturated carbocycles. The summed E-state index contributed by atoms with van der Waals surface area (Å²) in [6.45, 7) is 14.8.